The van der Waals surface area contributed by atoms with Crippen LogP contribution >= 0.6 is 0 Å². The molecule has 0 saturated carbocycles. The normalized spacial score (nSPS) is 11.8. The van der Waals surface area contributed by atoms with Crippen LogP contribution in [0.1, 0.15) is 31.9 Å². The second-order valence-corrected chi connectivity index (χ2v) is 4.40. The van der Waals surface area contributed by atoms with Gasteiger partial charge in [-0.25, -0.2) is 0 Å². The number of aryl methyl sites for hydroxylation is 1. The third-order valence-corrected chi connectivity index (χ3v) is 2.81. The highest BCUT2D eigenvalue weighted by molar-refractivity contribution is 5.26. The summed E-state index contributed by atoms with van der Waals surface area (Å²) in [4.78, 5) is 0. The Morgan fingerprint density at radius 1 is 1.06 bits per heavy atom. The van der Waals surface area contributed by atoms with E-state index < -0.39 is 0 Å². The smallest absolute Gasteiger partial charge is 0.0876 e. The van der Waals surface area contributed by atoms with E-state index in [2.05, 4.69) is 45.0 Å². The Labute approximate surface area is 98.6 Å². The van der Waals surface area contributed by atoms with Crippen molar-refractivity contribution < 1.29 is 9.47 Å². The van der Waals surface area contributed by atoms with Crippen LogP contribution in [0.3, 0.4) is 0 Å². The molecule has 0 bridgehead atoms. The van der Waals surface area contributed by atoms with Gasteiger partial charge in [-0.1, -0.05) is 31.2 Å². The van der Waals surface area contributed by atoms with E-state index >= 15 is 0 Å². The van der Waals surface area contributed by atoms with Crippen molar-refractivity contribution in [1.29, 1.82) is 0 Å². The summed E-state index contributed by atoms with van der Waals surface area (Å²) in [5.41, 5.74) is 2.32. The molecule has 0 saturated heterocycles. The molecule has 0 unspecified atom stereocenters. The molecule has 2 nitrogen and oxygen atoms in total. The van der Waals surface area contributed by atoms with Crippen molar-refractivity contribution in [2.75, 3.05) is 20.3 Å². The maximum absolute atomic E-state index is 5.80. The van der Waals surface area contributed by atoms with Crippen molar-refractivity contribution >= 4 is 0 Å². The monoisotopic (exact) mass is 222 g/mol. The largest absolute Gasteiger partial charge is 0.382 e. The summed E-state index contributed by atoms with van der Waals surface area (Å²) in [6.07, 6.45) is 1.07. The van der Waals surface area contributed by atoms with E-state index in [1.807, 2.05) is 0 Å². The van der Waals surface area contributed by atoms with Crippen molar-refractivity contribution in [2.45, 2.75) is 32.8 Å². The average molecular weight is 222 g/mol. The quantitative estimate of drug-likeness (QED) is 0.688. The summed E-state index contributed by atoms with van der Waals surface area (Å²) >= 11 is 0. The summed E-state index contributed by atoms with van der Waals surface area (Å²) in [5.74, 6) is 0. The molecule has 0 aliphatic rings. The Hall–Kier alpha value is -0.860. The molecule has 0 N–H and O–H groups in total. The van der Waals surface area contributed by atoms with Crippen molar-refractivity contribution in [2.24, 2.45) is 0 Å². The summed E-state index contributed by atoms with van der Waals surface area (Å²) < 4.78 is 10.8. The fourth-order valence-corrected chi connectivity index (χ4v) is 1.61. The van der Waals surface area contributed by atoms with Gasteiger partial charge in [-0.3, -0.25) is 0 Å². The minimum atomic E-state index is -0.245. The van der Waals surface area contributed by atoms with Gasteiger partial charge >= 0.3 is 0 Å². The van der Waals surface area contributed by atoms with Gasteiger partial charge in [-0.15, -0.1) is 0 Å². The molecule has 1 rings (SSSR count). The van der Waals surface area contributed by atoms with Crippen LogP contribution in [0, 0.1) is 0 Å². The van der Waals surface area contributed by atoms with Crippen molar-refractivity contribution in [3.63, 3.8) is 0 Å². The summed E-state index contributed by atoms with van der Waals surface area (Å²) in [7, 11) is 1.69. The molecule has 0 radical (unpaired) electrons. The third kappa shape index (κ3) is 3.62. The molecule has 0 aliphatic heterocycles. The molecule has 90 valence electrons. The molecule has 0 aliphatic carbocycles. The van der Waals surface area contributed by atoms with E-state index in [4.69, 9.17) is 9.47 Å². The van der Waals surface area contributed by atoms with Crippen LogP contribution in [-0.4, -0.2) is 20.3 Å². The van der Waals surface area contributed by atoms with E-state index in [0.717, 1.165) is 6.42 Å². The van der Waals surface area contributed by atoms with Gasteiger partial charge in [0.2, 0.25) is 0 Å². The van der Waals surface area contributed by atoms with E-state index in [1.165, 1.54) is 11.1 Å². The van der Waals surface area contributed by atoms with Crippen LogP contribution in [-0.2, 0) is 21.5 Å². The highest BCUT2D eigenvalue weighted by atomic mass is 16.5. The molecule has 0 atom stereocenters. The van der Waals surface area contributed by atoms with Gasteiger partial charge in [0.1, 0.15) is 0 Å². The molecule has 0 fully saturated rings. The Morgan fingerprint density at radius 2 is 1.69 bits per heavy atom. The SMILES string of the molecule is CCc1ccc(C(C)(C)OCCOC)cc1. The van der Waals surface area contributed by atoms with Gasteiger partial charge in [0.05, 0.1) is 18.8 Å². The number of methoxy groups -OCH3 is 1. The van der Waals surface area contributed by atoms with Crippen LogP contribution in [0.15, 0.2) is 24.3 Å². The highest BCUT2D eigenvalue weighted by Crippen LogP contribution is 2.24. The Balaban J connectivity index is 2.65. The van der Waals surface area contributed by atoms with Crippen molar-refractivity contribution in [3.8, 4) is 0 Å². The van der Waals surface area contributed by atoms with Gasteiger partial charge in [0.25, 0.3) is 0 Å². The number of rotatable bonds is 6. The van der Waals surface area contributed by atoms with Crippen molar-refractivity contribution in [1.82, 2.24) is 0 Å². The van der Waals surface area contributed by atoms with E-state index in [1.54, 1.807) is 7.11 Å². The lowest BCUT2D eigenvalue weighted by atomic mass is 9.96. The molecule has 2 heteroatoms. The number of hydrogen-bond donors (Lipinski definition) is 0. The van der Waals surface area contributed by atoms with Crippen LogP contribution in [0.2, 0.25) is 0 Å². The van der Waals surface area contributed by atoms with Gasteiger partial charge < -0.3 is 9.47 Å². The fourth-order valence-electron chi connectivity index (χ4n) is 1.61. The maximum Gasteiger partial charge on any atom is 0.0876 e. The molecule has 0 heterocycles. The Morgan fingerprint density at radius 3 is 2.19 bits per heavy atom. The molecule has 0 spiro atoms. The number of ether oxygens (including phenoxy) is 2. The number of benzene rings is 1. The topological polar surface area (TPSA) is 18.5 Å². The summed E-state index contributed by atoms with van der Waals surface area (Å²) in [6, 6.07) is 8.62. The lowest BCUT2D eigenvalue weighted by molar-refractivity contribution is -0.0431. The molecular weight excluding hydrogens is 200 g/mol. The zero-order chi connectivity index (χ0) is 12.0. The van der Waals surface area contributed by atoms with Crippen molar-refractivity contribution in [3.05, 3.63) is 35.4 Å². The molecular formula is C14H22O2. The van der Waals surface area contributed by atoms with Gasteiger partial charge in [-0.05, 0) is 31.4 Å². The summed E-state index contributed by atoms with van der Waals surface area (Å²) in [5, 5.41) is 0. The van der Waals surface area contributed by atoms with Crippen LogP contribution in [0.5, 0.6) is 0 Å². The van der Waals surface area contributed by atoms with Gasteiger partial charge in [-0.2, -0.15) is 0 Å². The Bertz CT molecular complexity index is 301. The molecule has 0 amide bonds. The fraction of sp³-hybridized carbons (Fsp3) is 0.571. The summed E-state index contributed by atoms with van der Waals surface area (Å²) in [6.45, 7) is 7.60. The Kier molecular flexibility index (Phi) is 4.97. The van der Waals surface area contributed by atoms with Crippen LogP contribution in [0.4, 0.5) is 0 Å². The number of hydrogen-bond acceptors (Lipinski definition) is 2. The third-order valence-electron chi connectivity index (χ3n) is 2.81. The van der Waals surface area contributed by atoms with Crippen LogP contribution < -0.4 is 0 Å². The first kappa shape index (κ1) is 13.2. The second-order valence-electron chi connectivity index (χ2n) is 4.40. The van der Waals surface area contributed by atoms with E-state index in [9.17, 15) is 0 Å². The van der Waals surface area contributed by atoms with Crippen LogP contribution in [0.25, 0.3) is 0 Å². The predicted octanol–water partition coefficient (Wildman–Crippen LogP) is 3.15. The molecule has 16 heavy (non-hydrogen) atoms. The molecule has 1 aromatic rings. The van der Waals surface area contributed by atoms with Gasteiger partial charge in [0.15, 0.2) is 0 Å². The lowest BCUT2D eigenvalue weighted by Crippen LogP contribution is -2.23. The highest BCUT2D eigenvalue weighted by Gasteiger charge is 2.20. The minimum absolute atomic E-state index is 0.245. The molecule has 0 aromatic heterocycles. The lowest BCUT2D eigenvalue weighted by Gasteiger charge is -2.26. The zero-order valence-corrected chi connectivity index (χ0v) is 10.7. The molecule has 1 aromatic carbocycles. The zero-order valence-electron chi connectivity index (χ0n) is 10.7. The second kappa shape index (κ2) is 6.02. The van der Waals surface area contributed by atoms with E-state index in [0.29, 0.717) is 13.2 Å². The minimum Gasteiger partial charge on any atom is -0.382 e. The first-order valence-corrected chi connectivity index (χ1v) is 5.82. The predicted molar refractivity (Wildman–Crippen MR) is 66.7 cm³/mol. The first-order valence-electron chi connectivity index (χ1n) is 5.82. The maximum atomic E-state index is 5.80. The average Bonchev–Trinajstić information content (AvgIpc) is 2.29. The first-order chi connectivity index (χ1) is 7.60. The van der Waals surface area contributed by atoms with Gasteiger partial charge in [0, 0.05) is 7.11 Å². The van der Waals surface area contributed by atoms with E-state index in [-0.39, 0.29) is 5.60 Å². The standard InChI is InChI=1S/C14H22O2/c1-5-12-6-8-13(9-7-12)14(2,3)16-11-10-15-4/h6-9H,5,10-11H2,1-4H3.